The molecule has 2 rings (SSSR count). The van der Waals surface area contributed by atoms with Crippen LogP contribution in [0.4, 0.5) is 0 Å². The quantitative estimate of drug-likeness (QED) is 0.0540. The van der Waals surface area contributed by atoms with Gasteiger partial charge >= 0.3 is 0 Å². The van der Waals surface area contributed by atoms with Crippen molar-refractivity contribution in [3.8, 4) is 0 Å². The number of hydrogen-bond donors (Lipinski definition) is 1. The number of hydroxylamine groups is 2. The summed E-state index contributed by atoms with van der Waals surface area (Å²) in [7, 11) is 3.29. The molecular weight excluding hydrogens is 606 g/mol. The van der Waals surface area contributed by atoms with Crippen molar-refractivity contribution in [2.24, 2.45) is 0 Å². The highest BCUT2D eigenvalue weighted by molar-refractivity contribution is 4.93. The van der Waals surface area contributed by atoms with Crippen LogP contribution in [0.25, 0.3) is 0 Å². The van der Waals surface area contributed by atoms with E-state index in [-0.39, 0.29) is 6.23 Å². The summed E-state index contributed by atoms with van der Waals surface area (Å²) in [5.41, 5.74) is 0. The Hall–Kier alpha value is -0.320. The smallest absolute Gasteiger partial charge is 0.186 e. The molecule has 2 saturated heterocycles. The molecule has 2 fully saturated rings. The van der Waals surface area contributed by atoms with Gasteiger partial charge in [-0.1, -0.05) is 155 Å². The van der Waals surface area contributed by atoms with E-state index in [2.05, 4.69) is 13.8 Å². The summed E-state index contributed by atoms with van der Waals surface area (Å²) in [6.07, 6.45) is 30.0. The molecule has 0 spiro atoms. The van der Waals surface area contributed by atoms with E-state index < -0.39 is 30.7 Å². The van der Waals surface area contributed by atoms with E-state index in [9.17, 15) is 5.11 Å². The van der Waals surface area contributed by atoms with E-state index >= 15 is 0 Å². The summed E-state index contributed by atoms with van der Waals surface area (Å²) >= 11 is 0. The Bertz CT molecular complexity index is 694. The predicted molar refractivity (Wildman–Crippen MR) is 196 cm³/mol. The number of unbranched alkanes of at least 4 members (excludes halogenated alkanes) is 22. The first-order chi connectivity index (χ1) is 23.7. The molecule has 1 N–H and O–H groups in total. The zero-order chi connectivity index (χ0) is 34.5. The standard InChI is InChI=1S/C40H79NO7/c1-5-7-9-11-13-15-17-19-21-23-25-27-31-46-38-37(42)35(34-41(44-4)36-30-29-33-45-36)48-40(43-3)39(38)47-32-28-26-24-22-20-18-16-14-12-10-8-6-2/h35-40,42H,5-34H2,1-4H3/t35-,36?,37-,38+,39-,40+/m1/s1. The minimum Gasteiger partial charge on any atom is -0.388 e. The molecule has 286 valence electrons. The molecule has 2 aliphatic rings. The van der Waals surface area contributed by atoms with Crippen LogP contribution in [-0.4, -0.2) is 87.7 Å². The second kappa shape index (κ2) is 30.3. The lowest BCUT2D eigenvalue weighted by molar-refractivity contribution is -0.323. The molecule has 8 nitrogen and oxygen atoms in total. The maximum Gasteiger partial charge on any atom is 0.186 e. The topological polar surface area (TPSA) is 78.9 Å². The number of rotatable bonds is 33. The van der Waals surface area contributed by atoms with Gasteiger partial charge < -0.3 is 28.8 Å². The molecule has 0 aromatic heterocycles. The Morgan fingerprint density at radius 3 is 1.44 bits per heavy atom. The third kappa shape index (κ3) is 19.3. The normalized spacial score (nSPS) is 24.6. The maximum absolute atomic E-state index is 11.6. The summed E-state index contributed by atoms with van der Waals surface area (Å²) in [6, 6.07) is 0. The molecule has 0 aliphatic carbocycles. The van der Waals surface area contributed by atoms with Gasteiger partial charge in [0.15, 0.2) is 6.29 Å². The fourth-order valence-corrected chi connectivity index (χ4v) is 7.20. The average molecular weight is 686 g/mol. The van der Waals surface area contributed by atoms with Gasteiger partial charge in [0, 0.05) is 26.9 Å². The fraction of sp³-hybridized carbons (Fsp3) is 1.00. The first-order valence-electron chi connectivity index (χ1n) is 20.7. The van der Waals surface area contributed by atoms with Crippen molar-refractivity contribution in [1.29, 1.82) is 0 Å². The third-order valence-corrected chi connectivity index (χ3v) is 10.3. The molecule has 0 saturated carbocycles. The van der Waals surface area contributed by atoms with Gasteiger partial charge in [0.2, 0.25) is 0 Å². The third-order valence-electron chi connectivity index (χ3n) is 10.3. The van der Waals surface area contributed by atoms with Crippen LogP contribution in [0.1, 0.15) is 181 Å². The Kier molecular flexibility index (Phi) is 27.7. The average Bonchev–Trinajstić information content (AvgIpc) is 3.64. The van der Waals surface area contributed by atoms with Crippen molar-refractivity contribution >= 4 is 0 Å². The fourth-order valence-electron chi connectivity index (χ4n) is 7.20. The molecule has 0 bridgehead atoms. The van der Waals surface area contributed by atoms with Crippen LogP contribution >= 0.6 is 0 Å². The van der Waals surface area contributed by atoms with Crippen molar-refractivity contribution in [2.75, 3.05) is 40.6 Å². The highest BCUT2D eigenvalue weighted by atomic mass is 16.7. The van der Waals surface area contributed by atoms with Gasteiger partial charge in [-0.05, 0) is 25.7 Å². The monoisotopic (exact) mass is 686 g/mol. The second-order valence-electron chi connectivity index (χ2n) is 14.5. The Morgan fingerprint density at radius 2 is 1.04 bits per heavy atom. The molecule has 2 aliphatic heterocycles. The van der Waals surface area contributed by atoms with E-state index in [1.807, 2.05) is 0 Å². The van der Waals surface area contributed by atoms with Crippen molar-refractivity contribution in [2.45, 2.75) is 218 Å². The van der Waals surface area contributed by atoms with Crippen molar-refractivity contribution in [3.63, 3.8) is 0 Å². The summed E-state index contributed by atoms with van der Waals surface area (Å²) in [6.45, 7) is 6.85. The van der Waals surface area contributed by atoms with Gasteiger partial charge in [-0.25, -0.2) is 0 Å². The molecule has 0 aromatic carbocycles. The summed E-state index contributed by atoms with van der Waals surface area (Å²) in [5.74, 6) is 0. The second-order valence-corrected chi connectivity index (χ2v) is 14.5. The highest BCUT2D eigenvalue weighted by Crippen LogP contribution is 2.29. The van der Waals surface area contributed by atoms with Gasteiger partial charge in [-0.15, -0.1) is 0 Å². The van der Waals surface area contributed by atoms with Crippen LogP contribution < -0.4 is 0 Å². The number of hydrogen-bond acceptors (Lipinski definition) is 8. The minimum atomic E-state index is -0.861. The first kappa shape index (κ1) is 43.8. The maximum atomic E-state index is 11.6. The number of aliphatic hydroxyl groups is 1. The lowest BCUT2D eigenvalue weighted by Crippen LogP contribution is -2.62. The molecule has 8 heteroatoms. The zero-order valence-corrected chi connectivity index (χ0v) is 32.0. The number of methoxy groups -OCH3 is 1. The molecule has 48 heavy (non-hydrogen) atoms. The van der Waals surface area contributed by atoms with Gasteiger partial charge in [-0.2, -0.15) is 5.06 Å². The molecule has 6 atom stereocenters. The minimum absolute atomic E-state index is 0.132. The van der Waals surface area contributed by atoms with Crippen LogP contribution in [0, 0.1) is 0 Å². The van der Waals surface area contributed by atoms with Crippen molar-refractivity contribution in [3.05, 3.63) is 0 Å². The molecule has 0 aromatic rings. The predicted octanol–water partition coefficient (Wildman–Crippen LogP) is 9.89. The lowest BCUT2D eigenvalue weighted by Gasteiger charge is -2.45. The summed E-state index contributed by atoms with van der Waals surface area (Å²) in [4.78, 5) is 5.66. The number of aliphatic hydroxyl groups excluding tert-OH is 1. The van der Waals surface area contributed by atoms with Gasteiger partial charge in [-0.3, -0.25) is 4.84 Å². The van der Waals surface area contributed by atoms with E-state index in [0.717, 1.165) is 45.1 Å². The van der Waals surface area contributed by atoms with Crippen LogP contribution in [0.2, 0.25) is 0 Å². The van der Waals surface area contributed by atoms with Crippen LogP contribution in [0.5, 0.6) is 0 Å². The van der Waals surface area contributed by atoms with Crippen LogP contribution in [0.15, 0.2) is 0 Å². The van der Waals surface area contributed by atoms with E-state index in [0.29, 0.717) is 19.8 Å². The van der Waals surface area contributed by atoms with Gasteiger partial charge in [0.25, 0.3) is 0 Å². The summed E-state index contributed by atoms with van der Waals surface area (Å²) in [5, 5.41) is 13.4. The number of ether oxygens (including phenoxy) is 5. The SMILES string of the molecule is CCCCCCCCCCCCCCO[C@H]1[C@@H](OC)O[C@H](CN(OC)C2CCCO2)[C@@H](O)[C@@H]1OCCCCCCCCCCCCCC. The van der Waals surface area contributed by atoms with E-state index in [4.69, 9.17) is 28.5 Å². The van der Waals surface area contributed by atoms with Gasteiger partial charge in [0.1, 0.15) is 30.6 Å². The Morgan fingerprint density at radius 1 is 0.604 bits per heavy atom. The Labute approximate surface area is 296 Å². The van der Waals surface area contributed by atoms with E-state index in [1.54, 1.807) is 19.3 Å². The summed E-state index contributed by atoms with van der Waals surface area (Å²) < 4.78 is 30.8. The lowest BCUT2D eigenvalue weighted by atomic mass is 9.97. The van der Waals surface area contributed by atoms with Crippen LogP contribution in [0.3, 0.4) is 0 Å². The zero-order valence-electron chi connectivity index (χ0n) is 32.0. The van der Waals surface area contributed by atoms with Crippen molar-refractivity contribution in [1.82, 2.24) is 5.06 Å². The first-order valence-corrected chi connectivity index (χ1v) is 20.7. The number of nitrogens with zero attached hydrogens (tertiary/aromatic N) is 1. The van der Waals surface area contributed by atoms with Crippen molar-refractivity contribution < 1.29 is 33.6 Å². The molecule has 1 unspecified atom stereocenters. The molecule has 0 radical (unpaired) electrons. The van der Waals surface area contributed by atoms with Gasteiger partial charge in [0.05, 0.1) is 13.7 Å². The largest absolute Gasteiger partial charge is 0.388 e. The molecule has 2 heterocycles. The Balaban J connectivity index is 1.75. The molecular formula is C40H79NO7. The molecule has 0 amide bonds. The van der Waals surface area contributed by atoms with Crippen LogP contribution in [-0.2, 0) is 28.5 Å². The highest BCUT2D eigenvalue weighted by Gasteiger charge is 2.48. The van der Waals surface area contributed by atoms with E-state index in [1.165, 1.54) is 128 Å².